The average Bonchev–Trinajstić information content (AvgIpc) is 2.83. The van der Waals surface area contributed by atoms with Gasteiger partial charge < -0.3 is 9.52 Å². The van der Waals surface area contributed by atoms with Gasteiger partial charge in [-0.05, 0) is 48.4 Å². The van der Waals surface area contributed by atoms with Gasteiger partial charge in [-0.3, -0.25) is 0 Å². The number of rotatable bonds is 4. The summed E-state index contributed by atoms with van der Waals surface area (Å²) in [5, 5.41) is 14.1. The van der Waals surface area contributed by atoms with E-state index in [2.05, 4.69) is 48.8 Å². The van der Waals surface area contributed by atoms with Crippen molar-refractivity contribution in [2.45, 2.75) is 13.8 Å². The molecule has 2 aliphatic rings. The largest absolute Gasteiger partial charge is 0.478 e. The van der Waals surface area contributed by atoms with Crippen molar-refractivity contribution in [3.63, 3.8) is 0 Å². The molecule has 0 atom stereocenters. The Labute approximate surface area is 186 Å². The lowest BCUT2D eigenvalue weighted by Crippen LogP contribution is -2.29. The van der Waals surface area contributed by atoms with Gasteiger partial charge in [0.2, 0.25) is 5.36 Å². The highest BCUT2D eigenvalue weighted by Crippen LogP contribution is 2.43. The molecule has 3 aromatic carbocycles. The van der Waals surface area contributed by atoms with Crippen LogP contribution in [0.3, 0.4) is 0 Å². The summed E-state index contributed by atoms with van der Waals surface area (Å²) in [5.41, 5.74) is 3.50. The third kappa shape index (κ3) is 3.16. The van der Waals surface area contributed by atoms with Gasteiger partial charge >= 0.3 is 5.97 Å². The lowest BCUT2D eigenvalue weighted by Gasteiger charge is -2.18. The Balaban J connectivity index is 2.02. The van der Waals surface area contributed by atoms with Crippen LogP contribution in [0, 0.1) is 0 Å². The second-order valence-corrected chi connectivity index (χ2v) is 7.84. The first kappa shape index (κ1) is 20.0. The summed E-state index contributed by atoms with van der Waals surface area (Å²) in [6.45, 7) is 6.06. The van der Waals surface area contributed by atoms with Crippen molar-refractivity contribution >= 4 is 27.7 Å². The number of hydrogen-bond acceptors (Lipinski definition) is 2. The number of fused-ring (bicyclic) bond motifs is 4. The summed E-state index contributed by atoms with van der Waals surface area (Å²) in [5.74, 6) is -0.199. The molecule has 0 bridgehead atoms. The zero-order valence-electron chi connectivity index (χ0n) is 18.1. The van der Waals surface area contributed by atoms with E-state index < -0.39 is 5.97 Å². The van der Waals surface area contributed by atoms with Crippen LogP contribution in [0.25, 0.3) is 44.2 Å². The van der Waals surface area contributed by atoms with Crippen molar-refractivity contribution in [2.75, 3.05) is 13.1 Å². The minimum atomic E-state index is -0.942. The molecule has 32 heavy (non-hydrogen) atoms. The first-order valence-electron chi connectivity index (χ1n) is 10.9. The van der Waals surface area contributed by atoms with Crippen LogP contribution >= 0.6 is 0 Å². The number of carboxylic acid groups (broad SMARTS) is 1. The van der Waals surface area contributed by atoms with Crippen molar-refractivity contribution in [1.82, 2.24) is 4.58 Å². The van der Waals surface area contributed by atoms with Crippen LogP contribution in [0.1, 0.15) is 24.2 Å². The molecular formula is C28H24NO3+. The zero-order valence-corrected chi connectivity index (χ0v) is 18.1. The Bertz CT molecular complexity index is 1520. The first-order valence-corrected chi connectivity index (χ1v) is 10.9. The summed E-state index contributed by atoms with van der Waals surface area (Å²) in [6.07, 6.45) is 0. The predicted molar refractivity (Wildman–Crippen MR) is 129 cm³/mol. The van der Waals surface area contributed by atoms with Gasteiger partial charge in [-0.2, -0.15) is 0 Å². The fourth-order valence-corrected chi connectivity index (χ4v) is 4.60. The summed E-state index contributed by atoms with van der Waals surface area (Å²) < 4.78 is 8.69. The van der Waals surface area contributed by atoms with Crippen molar-refractivity contribution < 1.29 is 14.3 Å². The molecule has 0 fully saturated rings. The third-order valence-electron chi connectivity index (χ3n) is 6.15. The normalized spacial score (nSPS) is 11.3. The standard InChI is InChI=1S/C28H23NO3/c1-3-29(4-2)19-14-15-23-25(17-19)32-24-16-13-18-9-5-6-10-20(18)27(24)26(23)21-11-7-8-12-22(21)28(30)31/h5-17H,3-4H2,1-2H3/p+1. The fraction of sp³-hybridized carbons (Fsp3) is 0.143. The number of carbonyl (C=O) groups is 1. The molecule has 1 aliphatic carbocycles. The van der Waals surface area contributed by atoms with Gasteiger partial charge in [-0.25, -0.2) is 9.37 Å². The molecule has 0 amide bonds. The van der Waals surface area contributed by atoms with Gasteiger partial charge in [0.1, 0.15) is 24.4 Å². The molecule has 4 heteroatoms. The van der Waals surface area contributed by atoms with Crippen molar-refractivity contribution in [2.24, 2.45) is 0 Å². The molecular weight excluding hydrogens is 398 g/mol. The Hall–Kier alpha value is -3.92. The molecule has 1 heterocycles. The van der Waals surface area contributed by atoms with E-state index in [4.69, 9.17) is 4.42 Å². The molecule has 0 unspecified atom stereocenters. The number of benzene rings is 4. The third-order valence-corrected chi connectivity index (χ3v) is 6.15. The molecule has 158 valence electrons. The summed E-state index contributed by atoms with van der Waals surface area (Å²) in [7, 11) is 0. The maximum Gasteiger partial charge on any atom is 0.336 e. The van der Waals surface area contributed by atoms with E-state index in [9.17, 15) is 9.90 Å². The van der Waals surface area contributed by atoms with Gasteiger partial charge in [0, 0.05) is 22.6 Å². The van der Waals surface area contributed by atoms with Crippen LogP contribution in [0.4, 0.5) is 0 Å². The van der Waals surface area contributed by atoms with Crippen LogP contribution in [0.2, 0.25) is 0 Å². The van der Waals surface area contributed by atoms with Crippen LogP contribution in [-0.2, 0) is 0 Å². The van der Waals surface area contributed by atoms with Gasteiger partial charge in [-0.15, -0.1) is 0 Å². The Kier molecular flexibility index (Phi) is 4.98. The van der Waals surface area contributed by atoms with Crippen molar-refractivity contribution in [1.29, 1.82) is 0 Å². The molecule has 4 nitrogen and oxygen atoms in total. The number of carboxylic acids is 1. The molecule has 5 rings (SSSR count). The predicted octanol–water partition coefficient (Wildman–Crippen LogP) is 5.87. The lowest BCUT2D eigenvalue weighted by molar-refractivity contribution is 0.0697. The monoisotopic (exact) mass is 422 g/mol. The fourth-order valence-electron chi connectivity index (χ4n) is 4.60. The Morgan fingerprint density at radius 2 is 1.62 bits per heavy atom. The first-order chi connectivity index (χ1) is 15.6. The van der Waals surface area contributed by atoms with E-state index in [0.717, 1.165) is 57.1 Å². The summed E-state index contributed by atoms with van der Waals surface area (Å²) in [6, 6.07) is 25.6. The van der Waals surface area contributed by atoms with Crippen LogP contribution in [-0.4, -0.2) is 24.2 Å². The minimum Gasteiger partial charge on any atom is -0.478 e. The molecule has 1 N–H and O–H groups in total. The SMILES string of the molecule is CC[N+](CC)=c1ccc2c(-c3ccccc3C(=O)O)c3c(ccc4ccccc43)oc-2c1. The van der Waals surface area contributed by atoms with E-state index in [-0.39, 0.29) is 5.56 Å². The number of nitrogens with zero attached hydrogens (tertiary/aromatic N) is 1. The van der Waals surface area contributed by atoms with Crippen LogP contribution in [0.15, 0.2) is 83.3 Å². The number of hydrogen-bond donors (Lipinski definition) is 1. The summed E-state index contributed by atoms with van der Waals surface area (Å²) >= 11 is 0. The molecule has 0 radical (unpaired) electrons. The highest BCUT2D eigenvalue weighted by molar-refractivity contribution is 6.17. The zero-order chi connectivity index (χ0) is 22.2. The molecule has 0 spiro atoms. The highest BCUT2D eigenvalue weighted by atomic mass is 16.4. The van der Waals surface area contributed by atoms with E-state index in [0.29, 0.717) is 5.56 Å². The smallest absolute Gasteiger partial charge is 0.336 e. The van der Waals surface area contributed by atoms with Crippen molar-refractivity contribution in [3.8, 4) is 22.5 Å². The van der Waals surface area contributed by atoms with Gasteiger partial charge in [0.05, 0.1) is 11.6 Å². The van der Waals surface area contributed by atoms with Crippen LogP contribution < -0.4 is 9.93 Å². The lowest BCUT2D eigenvalue weighted by atomic mass is 9.89. The molecule has 3 aromatic rings. The Morgan fingerprint density at radius 3 is 2.41 bits per heavy atom. The Morgan fingerprint density at radius 1 is 0.875 bits per heavy atom. The highest BCUT2D eigenvalue weighted by Gasteiger charge is 2.23. The van der Waals surface area contributed by atoms with Gasteiger partial charge in [0.25, 0.3) is 0 Å². The minimum absolute atomic E-state index is 0.280. The number of aromatic carboxylic acids is 1. The summed E-state index contributed by atoms with van der Waals surface area (Å²) in [4.78, 5) is 12.1. The maximum atomic E-state index is 12.1. The molecule has 0 saturated carbocycles. The quantitative estimate of drug-likeness (QED) is 0.224. The van der Waals surface area contributed by atoms with Gasteiger partial charge in [-0.1, -0.05) is 48.5 Å². The van der Waals surface area contributed by atoms with Crippen molar-refractivity contribution in [3.05, 3.63) is 89.8 Å². The second kappa shape index (κ2) is 7.97. The molecule has 0 saturated heterocycles. The maximum absolute atomic E-state index is 12.1. The van der Waals surface area contributed by atoms with Gasteiger partial charge in [0.15, 0.2) is 0 Å². The van der Waals surface area contributed by atoms with E-state index in [1.54, 1.807) is 12.1 Å². The second-order valence-electron chi connectivity index (χ2n) is 7.84. The van der Waals surface area contributed by atoms with E-state index >= 15 is 0 Å². The topological polar surface area (TPSA) is 53.5 Å². The van der Waals surface area contributed by atoms with Crippen LogP contribution in [0.5, 0.6) is 0 Å². The average molecular weight is 423 g/mol. The van der Waals surface area contributed by atoms with E-state index in [1.807, 2.05) is 36.4 Å². The van der Waals surface area contributed by atoms with E-state index in [1.165, 1.54) is 0 Å². The molecule has 1 aliphatic heterocycles. The molecule has 0 aromatic heterocycles.